The summed E-state index contributed by atoms with van der Waals surface area (Å²) in [4.78, 5) is 0. The van der Waals surface area contributed by atoms with Gasteiger partial charge in [0.1, 0.15) is 0 Å². The lowest BCUT2D eigenvalue weighted by Gasteiger charge is -2.27. The van der Waals surface area contributed by atoms with E-state index in [2.05, 4.69) is 12.2 Å². The van der Waals surface area contributed by atoms with Crippen molar-refractivity contribution >= 4 is 23.2 Å². The highest BCUT2D eigenvalue weighted by Crippen LogP contribution is 2.33. The number of benzene rings is 1. The van der Waals surface area contributed by atoms with Gasteiger partial charge in [-0.25, -0.2) is 0 Å². The first-order valence-corrected chi connectivity index (χ1v) is 7.14. The lowest BCUT2D eigenvalue weighted by Crippen LogP contribution is -2.32. The van der Waals surface area contributed by atoms with Gasteiger partial charge in [0, 0.05) is 6.61 Å². The smallest absolute Gasteiger partial charge is 0.0769 e. The molecule has 4 heteroatoms. The molecule has 0 saturated heterocycles. The van der Waals surface area contributed by atoms with Crippen LogP contribution in [0.4, 0.5) is 0 Å². The van der Waals surface area contributed by atoms with Crippen LogP contribution >= 0.6 is 23.2 Å². The number of hydrogen-bond acceptors (Lipinski definition) is 2. The number of rotatable bonds is 7. The van der Waals surface area contributed by atoms with E-state index < -0.39 is 0 Å². The summed E-state index contributed by atoms with van der Waals surface area (Å²) in [6.07, 6.45) is 2.17. The molecule has 0 bridgehead atoms. The molecule has 0 amide bonds. The third kappa shape index (κ3) is 3.86. The molecule has 0 aliphatic heterocycles. The first kappa shape index (κ1) is 15.8. The van der Waals surface area contributed by atoms with Crippen molar-refractivity contribution in [2.24, 2.45) is 0 Å². The molecule has 1 rings (SSSR count). The Bertz CT molecular complexity index is 365. The van der Waals surface area contributed by atoms with E-state index in [0.717, 1.165) is 18.4 Å². The van der Waals surface area contributed by atoms with E-state index in [1.165, 1.54) is 0 Å². The third-order valence-electron chi connectivity index (χ3n) is 2.95. The minimum Gasteiger partial charge on any atom is -0.377 e. The maximum atomic E-state index is 6.28. The van der Waals surface area contributed by atoms with E-state index in [1.807, 2.05) is 26.1 Å². The van der Waals surface area contributed by atoms with Crippen LogP contribution in [-0.2, 0) is 4.74 Å². The molecule has 1 N–H and O–H groups in total. The fourth-order valence-electron chi connectivity index (χ4n) is 2.15. The maximum Gasteiger partial charge on any atom is 0.0769 e. The number of likely N-dealkylation sites (N-methyl/N-ethyl adjacent to an activating group) is 1. The van der Waals surface area contributed by atoms with Crippen molar-refractivity contribution in [2.75, 3.05) is 13.7 Å². The van der Waals surface area contributed by atoms with Crippen molar-refractivity contribution < 1.29 is 4.74 Å². The molecule has 0 heterocycles. The van der Waals surface area contributed by atoms with Crippen LogP contribution in [0, 0.1) is 0 Å². The number of ether oxygens (including phenoxy) is 1. The standard InChI is InChI=1S/C14H21Cl2NO/c1-4-7-12(18-5-2)14(17-3)10-8-6-9-11(15)13(10)16/h6,8-9,12,14,17H,4-5,7H2,1-3H3. The van der Waals surface area contributed by atoms with Gasteiger partial charge < -0.3 is 10.1 Å². The quantitative estimate of drug-likeness (QED) is 0.800. The van der Waals surface area contributed by atoms with Gasteiger partial charge in [0.25, 0.3) is 0 Å². The second-order valence-corrected chi connectivity index (χ2v) is 4.98. The molecule has 102 valence electrons. The first-order chi connectivity index (χ1) is 8.65. The van der Waals surface area contributed by atoms with Gasteiger partial charge in [-0.3, -0.25) is 0 Å². The molecule has 0 saturated carbocycles. The molecule has 0 aliphatic carbocycles. The van der Waals surface area contributed by atoms with Crippen molar-refractivity contribution in [1.82, 2.24) is 5.32 Å². The van der Waals surface area contributed by atoms with Gasteiger partial charge in [0.2, 0.25) is 0 Å². The zero-order valence-electron chi connectivity index (χ0n) is 11.2. The molecule has 2 atom stereocenters. The van der Waals surface area contributed by atoms with Crippen molar-refractivity contribution in [3.63, 3.8) is 0 Å². The molecule has 0 aromatic heterocycles. The average Bonchev–Trinajstić information content (AvgIpc) is 2.36. The Hall–Kier alpha value is -0.280. The zero-order valence-corrected chi connectivity index (χ0v) is 12.7. The summed E-state index contributed by atoms with van der Waals surface area (Å²) in [6, 6.07) is 5.78. The number of hydrogen-bond donors (Lipinski definition) is 1. The lowest BCUT2D eigenvalue weighted by atomic mass is 9.98. The largest absolute Gasteiger partial charge is 0.377 e. The van der Waals surface area contributed by atoms with Crippen LogP contribution in [0.3, 0.4) is 0 Å². The molecule has 0 spiro atoms. The fraction of sp³-hybridized carbons (Fsp3) is 0.571. The topological polar surface area (TPSA) is 21.3 Å². The molecule has 0 aliphatic rings. The predicted octanol–water partition coefficient (Wildman–Crippen LogP) is 4.46. The Balaban J connectivity index is 3.02. The van der Waals surface area contributed by atoms with Gasteiger partial charge in [-0.1, -0.05) is 48.7 Å². The van der Waals surface area contributed by atoms with Crippen molar-refractivity contribution in [3.8, 4) is 0 Å². The van der Waals surface area contributed by atoms with E-state index >= 15 is 0 Å². The van der Waals surface area contributed by atoms with Gasteiger partial charge in [-0.15, -0.1) is 0 Å². The average molecular weight is 290 g/mol. The van der Waals surface area contributed by atoms with Gasteiger partial charge >= 0.3 is 0 Å². The normalized spacial score (nSPS) is 14.5. The van der Waals surface area contributed by atoms with E-state index in [1.54, 1.807) is 6.07 Å². The van der Waals surface area contributed by atoms with Gasteiger partial charge in [0.15, 0.2) is 0 Å². The molecular weight excluding hydrogens is 269 g/mol. The third-order valence-corrected chi connectivity index (χ3v) is 3.79. The van der Waals surface area contributed by atoms with Crippen LogP contribution in [0.25, 0.3) is 0 Å². The molecular formula is C14H21Cl2NO. The van der Waals surface area contributed by atoms with Crippen molar-refractivity contribution in [2.45, 2.75) is 38.8 Å². The summed E-state index contributed by atoms with van der Waals surface area (Å²) in [5.41, 5.74) is 0.999. The van der Waals surface area contributed by atoms with Gasteiger partial charge in [-0.2, -0.15) is 0 Å². The van der Waals surface area contributed by atoms with E-state index in [0.29, 0.717) is 16.7 Å². The summed E-state index contributed by atoms with van der Waals surface area (Å²) in [5, 5.41) is 4.48. The molecule has 18 heavy (non-hydrogen) atoms. The minimum atomic E-state index is 0.0658. The van der Waals surface area contributed by atoms with Crippen LogP contribution in [0.2, 0.25) is 10.0 Å². The Morgan fingerprint density at radius 1 is 1.28 bits per heavy atom. The van der Waals surface area contributed by atoms with E-state index in [9.17, 15) is 0 Å². The van der Waals surface area contributed by atoms with Crippen LogP contribution in [0.5, 0.6) is 0 Å². The highest BCUT2D eigenvalue weighted by atomic mass is 35.5. The zero-order chi connectivity index (χ0) is 13.5. The van der Waals surface area contributed by atoms with Crippen molar-refractivity contribution in [1.29, 1.82) is 0 Å². The second kappa shape index (κ2) is 8.00. The first-order valence-electron chi connectivity index (χ1n) is 6.38. The Morgan fingerprint density at radius 2 is 2.00 bits per heavy atom. The SMILES string of the molecule is CCCC(OCC)C(NC)c1cccc(Cl)c1Cl. The second-order valence-electron chi connectivity index (χ2n) is 4.19. The Labute approximate surface area is 120 Å². The summed E-state index contributed by atoms with van der Waals surface area (Å²) in [6.45, 7) is 4.86. The maximum absolute atomic E-state index is 6.28. The van der Waals surface area contributed by atoms with Crippen LogP contribution in [-0.4, -0.2) is 19.8 Å². The fourth-order valence-corrected chi connectivity index (χ4v) is 2.57. The molecule has 2 unspecified atom stereocenters. The number of halogens is 2. The summed E-state index contributed by atoms with van der Waals surface area (Å²) in [5.74, 6) is 0. The summed E-state index contributed by atoms with van der Waals surface area (Å²) in [7, 11) is 1.92. The lowest BCUT2D eigenvalue weighted by molar-refractivity contribution is 0.0296. The molecule has 0 radical (unpaired) electrons. The van der Waals surface area contributed by atoms with Crippen LogP contribution < -0.4 is 5.32 Å². The molecule has 1 aromatic rings. The minimum absolute atomic E-state index is 0.0658. The Morgan fingerprint density at radius 3 is 2.56 bits per heavy atom. The van der Waals surface area contributed by atoms with Crippen molar-refractivity contribution in [3.05, 3.63) is 33.8 Å². The van der Waals surface area contributed by atoms with Gasteiger partial charge in [-0.05, 0) is 32.0 Å². The van der Waals surface area contributed by atoms with Gasteiger partial charge in [0.05, 0.1) is 22.2 Å². The summed E-state index contributed by atoms with van der Waals surface area (Å²) < 4.78 is 5.82. The van der Waals surface area contributed by atoms with Crippen LogP contribution in [0.15, 0.2) is 18.2 Å². The summed E-state index contributed by atoms with van der Waals surface area (Å²) >= 11 is 12.4. The molecule has 0 fully saturated rings. The van der Waals surface area contributed by atoms with E-state index in [-0.39, 0.29) is 12.1 Å². The molecule has 1 aromatic carbocycles. The highest BCUT2D eigenvalue weighted by molar-refractivity contribution is 6.42. The van der Waals surface area contributed by atoms with E-state index in [4.69, 9.17) is 27.9 Å². The van der Waals surface area contributed by atoms with Crippen LogP contribution in [0.1, 0.15) is 38.3 Å². The number of nitrogens with one attached hydrogen (secondary N) is 1. The predicted molar refractivity (Wildman–Crippen MR) is 78.6 cm³/mol. The highest BCUT2D eigenvalue weighted by Gasteiger charge is 2.24. The molecule has 2 nitrogen and oxygen atoms in total. The monoisotopic (exact) mass is 289 g/mol. The Kier molecular flexibility index (Phi) is 7.02.